The quantitative estimate of drug-likeness (QED) is 0.598. The molecule has 1 atom stereocenters. The molecule has 0 aromatic heterocycles. The van der Waals surface area contributed by atoms with Crippen molar-refractivity contribution in [2.24, 2.45) is 5.92 Å². The van der Waals surface area contributed by atoms with Gasteiger partial charge in [-0.15, -0.1) is 0 Å². The molecule has 10 nitrogen and oxygen atoms in total. The number of carbonyl (C=O) groups excluding carboxylic acids is 5. The third-order valence-corrected chi connectivity index (χ3v) is 7.09. The van der Waals surface area contributed by atoms with Crippen LogP contribution in [0.4, 0.5) is 10.5 Å². The van der Waals surface area contributed by atoms with Crippen LogP contribution in [0.5, 0.6) is 0 Å². The second kappa shape index (κ2) is 9.91. The van der Waals surface area contributed by atoms with Gasteiger partial charge in [-0.1, -0.05) is 6.07 Å². The zero-order valence-electron chi connectivity index (χ0n) is 21.3. The Morgan fingerprint density at radius 3 is 2.42 bits per heavy atom. The number of piperidine rings is 1. The number of hydrogen-bond donors (Lipinski definition) is 2. The van der Waals surface area contributed by atoms with Crippen molar-refractivity contribution < 1.29 is 28.7 Å². The maximum absolute atomic E-state index is 13.2. The summed E-state index contributed by atoms with van der Waals surface area (Å²) in [6.45, 7) is 6.18. The highest BCUT2D eigenvalue weighted by Crippen LogP contribution is 2.34. The molecule has 0 radical (unpaired) electrons. The number of hydrogen-bond acceptors (Lipinski definition) is 7. The Bertz CT molecular complexity index is 1090. The van der Waals surface area contributed by atoms with Crippen LogP contribution < -0.4 is 10.6 Å². The number of anilines is 1. The second-order valence-corrected chi connectivity index (χ2v) is 10.8. The van der Waals surface area contributed by atoms with Gasteiger partial charge in [0.2, 0.25) is 11.8 Å². The summed E-state index contributed by atoms with van der Waals surface area (Å²) in [7, 11) is 1.78. The highest BCUT2D eigenvalue weighted by atomic mass is 16.6. The number of fused-ring (bicyclic) bond motifs is 1. The second-order valence-electron chi connectivity index (χ2n) is 10.8. The highest BCUT2D eigenvalue weighted by molar-refractivity contribution is 6.25. The van der Waals surface area contributed by atoms with Gasteiger partial charge >= 0.3 is 6.09 Å². The Hall–Kier alpha value is -3.43. The van der Waals surface area contributed by atoms with Crippen LogP contribution in [0.3, 0.4) is 0 Å². The molecule has 2 N–H and O–H groups in total. The van der Waals surface area contributed by atoms with E-state index in [-0.39, 0.29) is 36.1 Å². The number of benzene rings is 1. The van der Waals surface area contributed by atoms with E-state index in [2.05, 4.69) is 10.6 Å². The van der Waals surface area contributed by atoms with E-state index in [1.165, 1.54) is 0 Å². The molecule has 1 aromatic carbocycles. The van der Waals surface area contributed by atoms with E-state index in [0.717, 1.165) is 30.6 Å². The SMILES string of the molecule is CN(C(=O)OC(C)(C)C)C1CCC(CNc2cccc3c2C(=O)N(C2CCC(=O)NC2=O)C3=O)CC1. The van der Waals surface area contributed by atoms with Crippen molar-refractivity contribution in [1.29, 1.82) is 0 Å². The van der Waals surface area contributed by atoms with Crippen LogP contribution in [-0.2, 0) is 14.3 Å². The summed E-state index contributed by atoms with van der Waals surface area (Å²) in [6.07, 6.45) is 3.43. The van der Waals surface area contributed by atoms with Crippen LogP contribution in [0.15, 0.2) is 18.2 Å². The summed E-state index contributed by atoms with van der Waals surface area (Å²) in [5, 5.41) is 5.56. The molecule has 2 aliphatic heterocycles. The van der Waals surface area contributed by atoms with E-state index in [1.54, 1.807) is 30.1 Å². The first-order chi connectivity index (χ1) is 17.0. The molecule has 36 heavy (non-hydrogen) atoms. The number of rotatable bonds is 5. The lowest BCUT2D eigenvalue weighted by molar-refractivity contribution is -0.136. The molecule has 0 bridgehead atoms. The van der Waals surface area contributed by atoms with Gasteiger partial charge in [0.05, 0.1) is 11.1 Å². The number of amides is 5. The standard InChI is InChI=1S/C26H34N4O6/c1-26(2,3)36-25(35)29(4)16-10-8-15(9-11-16)14-27-18-7-5-6-17-21(18)24(34)30(23(17)33)19-12-13-20(31)28-22(19)32/h5-7,15-16,19,27H,8-14H2,1-4H3,(H,28,31,32). The Morgan fingerprint density at radius 2 is 1.78 bits per heavy atom. The molecule has 2 fully saturated rings. The third-order valence-electron chi connectivity index (χ3n) is 7.09. The zero-order chi connectivity index (χ0) is 26.2. The van der Waals surface area contributed by atoms with E-state index < -0.39 is 35.3 Å². The van der Waals surface area contributed by atoms with Crippen molar-refractivity contribution in [3.05, 3.63) is 29.3 Å². The van der Waals surface area contributed by atoms with Crippen molar-refractivity contribution in [3.8, 4) is 0 Å². The Kier molecular flexibility index (Phi) is 7.06. The van der Waals surface area contributed by atoms with E-state index in [9.17, 15) is 24.0 Å². The predicted molar refractivity (Wildman–Crippen MR) is 131 cm³/mol. The normalized spacial score (nSPS) is 24.3. The number of nitrogens with one attached hydrogen (secondary N) is 2. The smallest absolute Gasteiger partial charge is 0.410 e. The van der Waals surface area contributed by atoms with Crippen LogP contribution in [-0.4, -0.2) is 70.8 Å². The molecular weight excluding hydrogens is 464 g/mol. The van der Waals surface area contributed by atoms with E-state index >= 15 is 0 Å². The van der Waals surface area contributed by atoms with Gasteiger partial charge in [0.1, 0.15) is 11.6 Å². The van der Waals surface area contributed by atoms with Gasteiger partial charge in [-0.25, -0.2) is 4.79 Å². The fourth-order valence-corrected chi connectivity index (χ4v) is 5.14. The minimum Gasteiger partial charge on any atom is -0.444 e. The van der Waals surface area contributed by atoms with Crippen molar-refractivity contribution >= 4 is 35.4 Å². The van der Waals surface area contributed by atoms with Crippen molar-refractivity contribution in [3.63, 3.8) is 0 Å². The lowest BCUT2D eigenvalue weighted by atomic mass is 9.85. The summed E-state index contributed by atoms with van der Waals surface area (Å²) in [5.74, 6) is -1.71. The lowest BCUT2D eigenvalue weighted by Crippen LogP contribution is -2.54. The van der Waals surface area contributed by atoms with Gasteiger partial charge in [0.15, 0.2) is 0 Å². The van der Waals surface area contributed by atoms with Crippen molar-refractivity contribution in [2.75, 3.05) is 18.9 Å². The minimum atomic E-state index is -0.986. The number of carbonyl (C=O) groups is 5. The first kappa shape index (κ1) is 25.7. The molecular formula is C26H34N4O6. The molecule has 0 spiro atoms. The topological polar surface area (TPSA) is 125 Å². The van der Waals surface area contributed by atoms with Crippen molar-refractivity contribution in [2.45, 2.75) is 77.0 Å². The average Bonchev–Trinajstić information content (AvgIpc) is 3.07. The summed E-state index contributed by atoms with van der Waals surface area (Å²) in [6, 6.07) is 4.20. The lowest BCUT2D eigenvalue weighted by Gasteiger charge is -2.35. The first-order valence-corrected chi connectivity index (χ1v) is 12.5. The van der Waals surface area contributed by atoms with Gasteiger partial charge in [0.25, 0.3) is 11.8 Å². The summed E-state index contributed by atoms with van der Waals surface area (Å²) in [4.78, 5) is 65.1. The van der Waals surface area contributed by atoms with Crippen LogP contribution in [0, 0.1) is 5.92 Å². The molecule has 3 aliphatic rings. The van der Waals surface area contributed by atoms with Gasteiger partial charge in [-0.3, -0.25) is 29.4 Å². The van der Waals surface area contributed by atoms with Crippen LogP contribution in [0.25, 0.3) is 0 Å². The molecule has 1 aliphatic carbocycles. The van der Waals surface area contributed by atoms with Gasteiger partial charge in [0, 0.05) is 31.7 Å². The highest BCUT2D eigenvalue weighted by Gasteiger charge is 2.45. The number of ether oxygens (including phenoxy) is 1. The van der Waals surface area contributed by atoms with Gasteiger partial charge in [-0.2, -0.15) is 0 Å². The molecule has 1 aromatic rings. The summed E-state index contributed by atoms with van der Waals surface area (Å²) in [5.41, 5.74) is 0.561. The molecule has 2 heterocycles. The summed E-state index contributed by atoms with van der Waals surface area (Å²) >= 11 is 0. The average molecular weight is 499 g/mol. The minimum absolute atomic E-state index is 0.0840. The maximum atomic E-state index is 13.2. The number of nitrogens with zero attached hydrogens (tertiary/aromatic N) is 2. The molecule has 4 rings (SSSR count). The third kappa shape index (κ3) is 5.22. The Labute approximate surface area is 210 Å². The van der Waals surface area contributed by atoms with E-state index in [1.807, 2.05) is 20.8 Å². The first-order valence-electron chi connectivity index (χ1n) is 12.5. The molecule has 194 valence electrons. The molecule has 5 amide bonds. The predicted octanol–water partition coefficient (Wildman–Crippen LogP) is 2.93. The number of imide groups is 2. The van der Waals surface area contributed by atoms with Crippen LogP contribution in [0.1, 0.15) is 80.0 Å². The molecule has 1 unspecified atom stereocenters. The molecule has 10 heteroatoms. The fourth-order valence-electron chi connectivity index (χ4n) is 5.14. The van der Waals surface area contributed by atoms with Gasteiger partial charge in [-0.05, 0) is 70.9 Å². The zero-order valence-corrected chi connectivity index (χ0v) is 21.3. The van der Waals surface area contributed by atoms with E-state index in [0.29, 0.717) is 18.2 Å². The monoisotopic (exact) mass is 498 g/mol. The van der Waals surface area contributed by atoms with Gasteiger partial charge < -0.3 is 15.0 Å². The Balaban J connectivity index is 1.36. The van der Waals surface area contributed by atoms with Crippen LogP contribution >= 0.6 is 0 Å². The Morgan fingerprint density at radius 1 is 1.08 bits per heavy atom. The van der Waals surface area contributed by atoms with Crippen LogP contribution in [0.2, 0.25) is 0 Å². The maximum Gasteiger partial charge on any atom is 0.410 e. The van der Waals surface area contributed by atoms with Crippen molar-refractivity contribution in [1.82, 2.24) is 15.1 Å². The molecule has 1 saturated heterocycles. The largest absolute Gasteiger partial charge is 0.444 e. The van der Waals surface area contributed by atoms with E-state index in [4.69, 9.17) is 4.74 Å². The summed E-state index contributed by atoms with van der Waals surface area (Å²) < 4.78 is 5.48. The molecule has 1 saturated carbocycles. The fraction of sp³-hybridized carbons (Fsp3) is 0.577.